The van der Waals surface area contributed by atoms with Crippen LogP contribution < -0.4 is 0 Å². The Hall–Kier alpha value is -0.810. The number of pyridine rings is 1. The number of halogens is 2. The van der Waals surface area contributed by atoms with Gasteiger partial charge in [-0.2, -0.15) is 0 Å². The molecule has 114 valence electrons. The lowest BCUT2D eigenvalue weighted by molar-refractivity contribution is -0.104. The lowest BCUT2D eigenvalue weighted by Crippen LogP contribution is -2.10. The van der Waals surface area contributed by atoms with Crippen LogP contribution in [0.15, 0.2) is 34.2 Å². The highest BCUT2D eigenvalue weighted by Crippen LogP contribution is 2.31. The zero-order valence-electron chi connectivity index (χ0n) is 12.1. The lowest BCUT2D eigenvalue weighted by Gasteiger charge is -2.20. The monoisotopic (exact) mass is 345 g/mol. The Labute approximate surface area is 139 Å². The first-order chi connectivity index (χ1) is 10.1. The summed E-state index contributed by atoms with van der Waals surface area (Å²) in [7, 11) is 0. The van der Waals surface area contributed by atoms with E-state index in [0.717, 1.165) is 11.8 Å². The Kier molecular flexibility index (Phi) is 8.04. The van der Waals surface area contributed by atoms with Gasteiger partial charge in [0.15, 0.2) is 6.29 Å². The van der Waals surface area contributed by atoms with Gasteiger partial charge in [-0.05, 0) is 43.4 Å². The van der Waals surface area contributed by atoms with E-state index < -0.39 is 6.10 Å². The predicted molar refractivity (Wildman–Crippen MR) is 89.9 cm³/mol. The van der Waals surface area contributed by atoms with Gasteiger partial charge in [0.2, 0.25) is 0 Å². The van der Waals surface area contributed by atoms with E-state index >= 15 is 0 Å². The van der Waals surface area contributed by atoms with Crippen molar-refractivity contribution in [1.29, 1.82) is 0 Å². The maximum Gasteiger partial charge on any atom is 0.156 e. The van der Waals surface area contributed by atoms with E-state index in [9.17, 15) is 4.79 Å². The number of carbonyl (C=O) groups excluding carboxylic acids is 1. The van der Waals surface area contributed by atoms with Gasteiger partial charge in [-0.3, -0.25) is 4.79 Å². The number of ether oxygens (including phenoxy) is 1. The van der Waals surface area contributed by atoms with E-state index in [4.69, 9.17) is 27.9 Å². The molecule has 0 aromatic carbocycles. The number of rotatable bonds is 7. The zero-order valence-corrected chi connectivity index (χ0v) is 14.4. The predicted octanol–water partition coefficient (Wildman–Crippen LogP) is 4.69. The standard InChI is InChI=1S/C15H17Cl2NO2S/c1-4-20-15(11(8-16)7-12(9-19)21-3)14-10(2)5-6-13(17)18-14/h5-9,15H,4H2,1-3H3/b11-8-,12-7-. The second-order valence-electron chi connectivity index (χ2n) is 4.15. The first kappa shape index (κ1) is 18.2. The molecule has 21 heavy (non-hydrogen) atoms. The van der Waals surface area contributed by atoms with E-state index in [1.165, 1.54) is 17.3 Å². The van der Waals surface area contributed by atoms with Crippen LogP contribution in [-0.4, -0.2) is 24.1 Å². The van der Waals surface area contributed by atoms with Crippen molar-refractivity contribution in [2.24, 2.45) is 0 Å². The Bertz CT molecular complexity index is 559. The van der Waals surface area contributed by atoms with Crippen LogP contribution >= 0.6 is 35.0 Å². The molecule has 0 aliphatic carbocycles. The quantitative estimate of drug-likeness (QED) is 0.311. The highest BCUT2D eigenvalue weighted by atomic mass is 35.5. The number of hydrogen-bond donors (Lipinski definition) is 0. The normalized spacial score (nSPS) is 14.1. The molecule has 1 atom stereocenters. The van der Waals surface area contributed by atoms with E-state index in [2.05, 4.69) is 4.98 Å². The van der Waals surface area contributed by atoms with Crippen molar-refractivity contribution in [1.82, 2.24) is 4.98 Å². The Morgan fingerprint density at radius 1 is 1.52 bits per heavy atom. The highest BCUT2D eigenvalue weighted by Gasteiger charge is 2.20. The van der Waals surface area contributed by atoms with Crippen LogP contribution in [0.1, 0.15) is 24.3 Å². The van der Waals surface area contributed by atoms with Gasteiger partial charge in [-0.15, -0.1) is 11.8 Å². The van der Waals surface area contributed by atoms with Gasteiger partial charge >= 0.3 is 0 Å². The number of aryl methyl sites for hydroxylation is 1. The minimum Gasteiger partial charge on any atom is -0.367 e. The Morgan fingerprint density at radius 2 is 2.24 bits per heavy atom. The van der Waals surface area contributed by atoms with E-state index in [1.54, 1.807) is 12.1 Å². The number of allylic oxidation sites excluding steroid dienone is 1. The van der Waals surface area contributed by atoms with Crippen molar-refractivity contribution in [3.05, 3.63) is 50.6 Å². The summed E-state index contributed by atoms with van der Waals surface area (Å²) in [5, 5.41) is 0.388. The van der Waals surface area contributed by atoms with Gasteiger partial charge in [0.1, 0.15) is 11.3 Å². The zero-order chi connectivity index (χ0) is 15.8. The maximum absolute atomic E-state index is 11.0. The first-order valence-electron chi connectivity index (χ1n) is 6.33. The molecular formula is C15H17Cl2NO2S. The molecule has 1 rings (SSSR count). The van der Waals surface area contributed by atoms with Gasteiger partial charge in [-0.1, -0.05) is 29.3 Å². The number of thioether (sulfide) groups is 1. The molecule has 0 aliphatic heterocycles. The second kappa shape index (κ2) is 9.26. The molecule has 1 aromatic heterocycles. The molecule has 3 nitrogen and oxygen atoms in total. The fourth-order valence-electron chi connectivity index (χ4n) is 1.75. The number of carbonyl (C=O) groups is 1. The molecule has 0 saturated heterocycles. The molecule has 0 spiro atoms. The first-order valence-corrected chi connectivity index (χ1v) is 8.37. The van der Waals surface area contributed by atoms with Crippen molar-refractivity contribution in [2.75, 3.05) is 12.9 Å². The minimum absolute atomic E-state index is 0.388. The van der Waals surface area contributed by atoms with Crippen LogP contribution in [0, 0.1) is 6.92 Å². The van der Waals surface area contributed by atoms with Crippen LogP contribution in [0.3, 0.4) is 0 Å². The largest absolute Gasteiger partial charge is 0.367 e. The van der Waals surface area contributed by atoms with Crippen molar-refractivity contribution in [2.45, 2.75) is 20.0 Å². The highest BCUT2D eigenvalue weighted by molar-refractivity contribution is 8.03. The fraction of sp³-hybridized carbons (Fsp3) is 0.333. The summed E-state index contributed by atoms with van der Waals surface area (Å²) in [5.41, 5.74) is 3.70. The Balaban J connectivity index is 3.30. The molecular weight excluding hydrogens is 329 g/mol. The van der Waals surface area contributed by atoms with Gasteiger partial charge < -0.3 is 4.74 Å². The average molecular weight is 346 g/mol. The second-order valence-corrected chi connectivity index (χ2v) is 5.63. The van der Waals surface area contributed by atoms with Crippen LogP contribution in [0.5, 0.6) is 0 Å². The van der Waals surface area contributed by atoms with Crippen LogP contribution in [0.25, 0.3) is 0 Å². The summed E-state index contributed by atoms with van der Waals surface area (Å²) >= 11 is 13.2. The van der Waals surface area contributed by atoms with Gasteiger partial charge in [0, 0.05) is 17.0 Å². The topological polar surface area (TPSA) is 39.2 Å². The van der Waals surface area contributed by atoms with Crippen molar-refractivity contribution >= 4 is 41.2 Å². The third-order valence-electron chi connectivity index (χ3n) is 2.77. The van der Waals surface area contributed by atoms with Gasteiger partial charge in [0.05, 0.1) is 5.69 Å². The molecule has 0 bridgehead atoms. The Morgan fingerprint density at radius 3 is 2.76 bits per heavy atom. The molecule has 0 saturated carbocycles. The molecule has 1 heterocycles. The van der Waals surface area contributed by atoms with Gasteiger partial charge in [-0.25, -0.2) is 4.98 Å². The molecule has 1 unspecified atom stereocenters. The smallest absolute Gasteiger partial charge is 0.156 e. The third-order valence-corrected chi connectivity index (χ3v) is 3.92. The van der Waals surface area contributed by atoms with Crippen molar-refractivity contribution in [3.63, 3.8) is 0 Å². The average Bonchev–Trinajstić information content (AvgIpc) is 2.49. The lowest BCUT2D eigenvalue weighted by atomic mass is 10.0. The van der Waals surface area contributed by atoms with Crippen LogP contribution in [0.2, 0.25) is 5.15 Å². The minimum atomic E-state index is -0.465. The van der Waals surface area contributed by atoms with Crippen molar-refractivity contribution < 1.29 is 9.53 Å². The van der Waals surface area contributed by atoms with Crippen LogP contribution in [0.4, 0.5) is 0 Å². The third kappa shape index (κ3) is 5.15. The maximum atomic E-state index is 11.0. The summed E-state index contributed by atoms with van der Waals surface area (Å²) in [5.74, 6) is 0. The van der Waals surface area contributed by atoms with E-state index in [0.29, 0.717) is 27.9 Å². The SMILES string of the molecule is CCOC(C(/C=C(/C=O)SC)=C\Cl)c1nc(Cl)ccc1C. The number of aldehydes is 1. The van der Waals surface area contributed by atoms with Gasteiger partial charge in [0.25, 0.3) is 0 Å². The van der Waals surface area contributed by atoms with E-state index in [1.807, 2.05) is 26.2 Å². The molecule has 0 amide bonds. The summed E-state index contributed by atoms with van der Waals surface area (Å²) in [6.07, 6.45) is 3.84. The molecule has 6 heteroatoms. The van der Waals surface area contributed by atoms with E-state index in [-0.39, 0.29) is 0 Å². The molecule has 1 aromatic rings. The molecule has 0 N–H and O–H groups in total. The summed E-state index contributed by atoms with van der Waals surface area (Å²) < 4.78 is 5.76. The molecule has 0 aliphatic rings. The number of hydrogen-bond acceptors (Lipinski definition) is 4. The summed E-state index contributed by atoms with van der Waals surface area (Å²) in [4.78, 5) is 15.9. The van der Waals surface area contributed by atoms with Crippen LogP contribution in [-0.2, 0) is 9.53 Å². The number of nitrogens with zero attached hydrogens (tertiary/aromatic N) is 1. The number of aromatic nitrogens is 1. The van der Waals surface area contributed by atoms with Crippen molar-refractivity contribution in [3.8, 4) is 0 Å². The fourth-order valence-corrected chi connectivity index (χ4v) is 2.44. The summed E-state index contributed by atoms with van der Waals surface area (Å²) in [6, 6.07) is 3.60. The molecule has 0 fully saturated rings. The molecule has 0 radical (unpaired) electrons. The summed E-state index contributed by atoms with van der Waals surface area (Å²) in [6.45, 7) is 4.29.